The quantitative estimate of drug-likeness (QED) is 0.702. The van der Waals surface area contributed by atoms with Crippen LogP contribution in [0, 0.1) is 0 Å². The lowest BCUT2D eigenvalue weighted by molar-refractivity contribution is 0.0938. The fourth-order valence-electron chi connectivity index (χ4n) is 5.30. The summed E-state index contributed by atoms with van der Waals surface area (Å²) in [6.07, 6.45) is 6.13. The molecule has 1 aliphatic carbocycles. The second-order valence-corrected chi connectivity index (χ2v) is 11.2. The number of sulfonamides is 1. The molecule has 0 atom stereocenters. The van der Waals surface area contributed by atoms with Crippen LogP contribution in [-0.2, 0) is 28.5 Å². The van der Waals surface area contributed by atoms with E-state index >= 15 is 0 Å². The van der Waals surface area contributed by atoms with Gasteiger partial charge in [0.2, 0.25) is 15.8 Å². The lowest BCUT2D eigenvalue weighted by Gasteiger charge is -2.45. The summed E-state index contributed by atoms with van der Waals surface area (Å²) in [4.78, 5) is 30.3. The number of nitrogens with zero attached hydrogens (tertiary/aromatic N) is 3. The van der Waals surface area contributed by atoms with E-state index in [9.17, 15) is 23.1 Å². The maximum atomic E-state index is 13.0. The largest absolute Gasteiger partial charge is 0.501 e. The standard InChI is InChI=1S/C23H28N4O5S/c28-19-18(25-22-23(9-5-10-23)11-6-12-26(22)21(19)30)20(29)24-15-16-7-1-2-8-17(16)27-13-3-4-14-33(27,31)32/h1-2,7-8,28H,3-6,9-15H2,(H,24,29). The Hall–Kier alpha value is -2.88. The van der Waals surface area contributed by atoms with Gasteiger partial charge < -0.3 is 10.4 Å². The Labute approximate surface area is 192 Å². The molecular weight excluding hydrogens is 444 g/mol. The van der Waals surface area contributed by atoms with Gasteiger partial charge in [0.05, 0.1) is 11.4 Å². The lowest BCUT2D eigenvalue weighted by atomic mass is 9.64. The van der Waals surface area contributed by atoms with Gasteiger partial charge in [0.25, 0.3) is 11.5 Å². The second kappa shape index (κ2) is 8.16. The van der Waals surface area contributed by atoms with E-state index in [1.807, 2.05) is 0 Å². The number of benzene rings is 1. The first-order chi connectivity index (χ1) is 15.8. The van der Waals surface area contributed by atoms with Crippen molar-refractivity contribution in [3.63, 3.8) is 0 Å². The molecule has 1 aromatic carbocycles. The molecule has 0 radical (unpaired) electrons. The number of rotatable bonds is 4. The molecule has 10 heteroatoms. The van der Waals surface area contributed by atoms with E-state index in [1.54, 1.807) is 24.3 Å². The van der Waals surface area contributed by atoms with E-state index in [1.165, 1.54) is 8.87 Å². The van der Waals surface area contributed by atoms with Crippen LogP contribution in [0.5, 0.6) is 5.75 Å². The zero-order valence-electron chi connectivity index (χ0n) is 18.4. The van der Waals surface area contributed by atoms with E-state index in [2.05, 4.69) is 10.3 Å². The molecule has 2 N–H and O–H groups in total. The molecule has 1 saturated heterocycles. The smallest absolute Gasteiger partial charge is 0.296 e. The number of para-hydroxylation sites is 1. The van der Waals surface area contributed by atoms with Crippen molar-refractivity contribution in [3.05, 3.63) is 51.7 Å². The van der Waals surface area contributed by atoms with Crippen LogP contribution >= 0.6 is 0 Å². The summed E-state index contributed by atoms with van der Waals surface area (Å²) in [5, 5.41) is 13.2. The molecule has 5 rings (SSSR count). The number of aromatic hydroxyl groups is 1. The Morgan fingerprint density at radius 1 is 1.09 bits per heavy atom. The topological polar surface area (TPSA) is 122 Å². The van der Waals surface area contributed by atoms with Crippen LogP contribution < -0.4 is 15.2 Å². The minimum atomic E-state index is -3.40. The highest BCUT2D eigenvalue weighted by molar-refractivity contribution is 7.92. The first-order valence-corrected chi connectivity index (χ1v) is 13.1. The number of anilines is 1. The van der Waals surface area contributed by atoms with Gasteiger partial charge in [-0.2, -0.15) is 0 Å². The Kier molecular flexibility index (Phi) is 5.43. The SMILES string of the molecule is O=C(NCc1ccccc1N1CCCCS1(=O)=O)c1nc2n(c(=O)c1O)CCCC21CCC1. The summed E-state index contributed by atoms with van der Waals surface area (Å²) < 4.78 is 28.1. The van der Waals surface area contributed by atoms with Gasteiger partial charge in [-0.25, -0.2) is 13.4 Å². The molecule has 1 saturated carbocycles. The van der Waals surface area contributed by atoms with Gasteiger partial charge in [-0.15, -0.1) is 0 Å². The Balaban J connectivity index is 1.42. The predicted molar refractivity (Wildman–Crippen MR) is 123 cm³/mol. The number of aromatic nitrogens is 2. The molecule has 2 aliphatic heterocycles. The van der Waals surface area contributed by atoms with Gasteiger partial charge in [-0.05, 0) is 50.2 Å². The van der Waals surface area contributed by atoms with Gasteiger partial charge >= 0.3 is 0 Å². The minimum Gasteiger partial charge on any atom is -0.501 e. The number of hydrogen-bond acceptors (Lipinski definition) is 6. The van der Waals surface area contributed by atoms with Crippen LogP contribution in [0.1, 0.15) is 66.8 Å². The van der Waals surface area contributed by atoms with Gasteiger partial charge in [-0.1, -0.05) is 24.6 Å². The molecule has 1 amide bonds. The number of amides is 1. The van der Waals surface area contributed by atoms with Gasteiger partial charge in [0.1, 0.15) is 5.82 Å². The third-order valence-electron chi connectivity index (χ3n) is 7.23. The van der Waals surface area contributed by atoms with Crippen LogP contribution in [0.15, 0.2) is 29.1 Å². The van der Waals surface area contributed by atoms with Crippen molar-refractivity contribution in [2.45, 2.75) is 63.5 Å². The first-order valence-electron chi connectivity index (χ1n) is 11.5. The predicted octanol–water partition coefficient (Wildman–Crippen LogP) is 2.02. The molecule has 1 aromatic heterocycles. The number of fused-ring (bicyclic) bond motifs is 2. The van der Waals surface area contributed by atoms with E-state index in [4.69, 9.17) is 0 Å². The number of nitrogens with one attached hydrogen (secondary N) is 1. The van der Waals surface area contributed by atoms with Gasteiger partial charge in [0, 0.05) is 25.0 Å². The van der Waals surface area contributed by atoms with E-state index in [0.717, 1.165) is 38.5 Å². The Bertz CT molecular complexity index is 1270. The second-order valence-electron chi connectivity index (χ2n) is 9.23. The number of carbonyl (C=O) groups excluding carboxylic acids is 1. The lowest BCUT2D eigenvalue weighted by Crippen LogP contribution is -2.45. The molecule has 2 aromatic rings. The fourth-order valence-corrected chi connectivity index (χ4v) is 6.98. The minimum absolute atomic E-state index is 0.0473. The summed E-state index contributed by atoms with van der Waals surface area (Å²) in [5.74, 6) is -0.580. The summed E-state index contributed by atoms with van der Waals surface area (Å²) >= 11 is 0. The highest BCUT2D eigenvalue weighted by atomic mass is 32.2. The fraction of sp³-hybridized carbons (Fsp3) is 0.522. The number of hydrogen-bond donors (Lipinski definition) is 2. The van der Waals surface area contributed by atoms with Crippen LogP contribution in [0.2, 0.25) is 0 Å². The maximum absolute atomic E-state index is 13.0. The molecule has 0 bridgehead atoms. The van der Waals surface area contributed by atoms with Crippen molar-refractivity contribution in [2.24, 2.45) is 0 Å². The van der Waals surface area contributed by atoms with Gasteiger partial charge in [0.15, 0.2) is 5.69 Å². The summed E-state index contributed by atoms with van der Waals surface area (Å²) in [6, 6.07) is 7.04. The van der Waals surface area contributed by atoms with E-state index in [-0.39, 0.29) is 23.4 Å². The Morgan fingerprint density at radius 3 is 2.58 bits per heavy atom. The third kappa shape index (κ3) is 3.70. The monoisotopic (exact) mass is 472 g/mol. The summed E-state index contributed by atoms with van der Waals surface area (Å²) in [6.45, 7) is 0.946. The maximum Gasteiger partial charge on any atom is 0.296 e. The normalized spacial score (nSPS) is 20.7. The van der Waals surface area contributed by atoms with Crippen molar-refractivity contribution in [1.29, 1.82) is 0 Å². The number of carbonyl (C=O) groups is 1. The zero-order valence-corrected chi connectivity index (χ0v) is 19.2. The molecule has 1 spiro atoms. The van der Waals surface area contributed by atoms with Crippen LogP contribution in [0.25, 0.3) is 0 Å². The van der Waals surface area contributed by atoms with Crippen molar-refractivity contribution in [1.82, 2.24) is 14.9 Å². The van der Waals surface area contributed by atoms with Crippen molar-refractivity contribution in [3.8, 4) is 5.75 Å². The van der Waals surface area contributed by atoms with E-state index < -0.39 is 27.2 Å². The van der Waals surface area contributed by atoms with Crippen molar-refractivity contribution >= 4 is 21.6 Å². The molecule has 9 nitrogen and oxygen atoms in total. The van der Waals surface area contributed by atoms with E-state index in [0.29, 0.717) is 36.6 Å². The van der Waals surface area contributed by atoms with Crippen LogP contribution in [0.4, 0.5) is 5.69 Å². The zero-order chi connectivity index (χ0) is 23.2. The summed E-state index contributed by atoms with van der Waals surface area (Å²) in [7, 11) is -3.40. The highest BCUT2D eigenvalue weighted by Gasteiger charge is 2.45. The highest BCUT2D eigenvalue weighted by Crippen LogP contribution is 2.48. The van der Waals surface area contributed by atoms with Gasteiger partial charge in [-0.3, -0.25) is 18.5 Å². The molecular formula is C23H28N4O5S. The Morgan fingerprint density at radius 2 is 1.85 bits per heavy atom. The average Bonchev–Trinajstić information content (AvgIpc) is 2.78. The van der Waals surface area contributed by atoms with Crippen LogP contribution in [-0.4, -0.2) is 41.3 Å². The van der Waals surface area contributed by atoms with Crippen molar-refractivity contribution in [2.75, 3.05) is 16.6 Å². The molecule has 2 fully saturated rings. The average molecular weight is 473 g/mol. The van der Waals surface area contributed by atoms with Crippen LogP contribution in [0.3, 0.4) is 0 Å². The van der Waals surface area contributed by atoms with Crippen molar-refractivity contribution < 1.29 is 18.3 Å². The molecule has 3 heterocycles. The summed E-state index contributed by atoms with van der Waals surface area (Å²) in [5.41, 5.74) is 0.169. The molecule has 176 valence electrons. The molecule has 3 aliphatic rings. The third-order valence-corrected chi connectivity index (χ3v) is 9.09. The first kappa shape index (κ1) is 21.9. The molecule has 33 heavy (non-hydrogen) atoms. The molecule has 0 unspecified atom stereocenters.